The number of rotatable bonds is 5. The lowest BCUT2D eigenvalue weighted by Crippen LogP contribution is -2.49. The zero-order valence-corrected chi connectivity index (χ0v) is 12.8. The Hall–Kier alpha value is -1.88. The number of ether oxygens (including phenoxy) is 1. The number of carbonyl (C=O) groups is 2. The van der Waals surface area contributed by atoms with E-state index in [4.69, 9.17) is 4.74 Å². The molecule has 5 heteroatoms. The van der Waals surface area contributed by atoms with Gasteiger partial charge in [0.1, 0.15) is 11.6 Å². The van der Waals surface area contributed by atoms with Gasteiger partial charge in [-0.25, -0.2) is 4.79 Å². The van der Waals surface area contributed by atoms with Crippen LogP contribution in [0, 0.1) is 6.42 Å². The van der Waals surface area contributed by atoms with E-state index in [1.165, 1.54) is 13.3 Å². The van der Waals surface area contributed by atoms with Gasteiger partial charge in [0.25, 0.3) is 0 Å². The van der Waals surface area contributed by atoms with Crippen LogP contribution in [0.1, 0.15) is 33.3 Å². The number of carbonyl (C=O) groups excluding carboxylic acids is 2. The number of amides is 1. The average Bonchev–Trinajstić information content (AvgIpc) is 2.34. The first-order chi connectivity index (χ1) is 9.69. The SMILES string of the molecule is C[C@@H](O)[C@H](NC(=O)OC(C)(C)C)C(=O)[CH]c1ccccc1. The Morgan fingerprint density at radius 1 is 1.24 bits per heavy atom. The molecule has 0 unspecified atom stereocenters. The molecule has 0 fully saturated rings. The van der Waals surface area contributed by atoms with Crippen molar-refractivity contribution >= 4 is 11.9 Å². The number of benzene rings is 1. The molecule has 2 N–H and O–H groups in total. The third-order valence-corrected chi connectivity index (χ3v) is 2.57. The minimum Gasteiger partial charge on any atom is -0.444 e. The molecule has 0 aliphatic carbocycles. The summed E-state index contributed by atoms with van der Waals surface area (Å²) in [6.07, 6.45) is -0.373. The van der Waals surface area contributed by atoms with Gasteiger partial charge in [0, 0.05) is 0 Å². The Balaban J connectivity index is 2.69. The van der Waals surface area contributed by atoms with E-state index >= 15 is 0 Å². The van der Waals surface area contributed by atoms with Crippen LogP contribution in [0.15, 0.2) is 30.3 Å². The fourth-order valence-electron chi connectivity index (χ4n) is 1.67. The maximum absolute atomic E-state index is 12.2. The van der Waals surface area contributed by atoms with Crippen LogP contribution in [0.25, 0.3) is 0 Å². The summed E-state index contributed by atoms with van der Waals surface area (Å²) < 4.78 is 5.09. The van der Waals surface area contributed by atoms with Crippen molar-refractivity contribution in [3.05, 3.63) is 42.3 Å². The quantitative estimate of drug-likeness (QED) is 0.871. The van der Waals surface area contributed by atoms with E-state index in [9.17, 15) is 14.7 Å². The third-order valence-electron chi connectivity index (χ3n) is 2.57. The Morgan fingerprint density at radius 3 is 2.29 bits per heavy atom. The van der Waals surface area contributed by atoms with Gasteiger partial charge >= 0.3 is 6.09 Å². The number of alkyl carbamates (subject to hydrolysis) is 1. The highest BCUT2D eigenvalue weighted by Gasteiger charge is 2.28. The molecule has 21 heavy (non-hydrogen) atoms. The molecule has 1 radical (unpaired) electrons. The summed E-state index contributed by atoms with van der Waals surface area (Å²) >= 11 is 0. The second-order valence-corrected chi connectivity index (χ2v) is 5.82. The van der Waals surface area contributed by atoms with Gasteiger partial charge in [0.15, 0.2) is 5.78 Å². The number of hydrogen-bond acceptors (Lipinski definition) is 4. The van der Waals surface area contributed by atoms with Crippen molar-refractivity contribution in [1.29, 1.82) is 0 Å². The molecule has 0 saturated heterocycles. The van der Waals surface area contributed by atoms with Crippen LogP contribution < -0.4 is 5.32 Å². The van der Waals surface area contributed by atoms with Gasteiger partial charge in [-0.05, 0) is 33.3 Å². The van der Waals surface area contributed by atoms with E-state index in [2.05, 4.69) is 5.32 Å². The summed E-state index contributed by atoms with van der Waals surface area (Å²) in [6, 6.07) is 7.94. The first-order valence-electron chi connectivity index (χ1n) is 6.80. The zero-order chi connectivity index (χ0) is 16.0. The van der Waals surface area contributed by atoms with E-state index in [0.29, 0.717) is 5.56 Å². The van der Waals surface area contributed by atoms with Gasteiger partial charge in [-0.2, -0.15) is 0 Å². The standard InChI is InChI=1S/C16H22NO4/c1-11(18)14(17-15(20)21-16(2,3)4)13(19)10-12-8-6-5-7-9-12/h5-11,14,18H,1-4H3,(H,17,20)/t11-,14+/m1/s1. The summed E-state index contributed by atoms with van der Waals surface area (Å²) in [5.74, 6) is -0.387. The molecule has 1 rings (SSSR count). The van der Waals surface area contributed by atoms with Crippen molar-refractivity contribution < 1.29 is 19.4 Å². The van der Waals surface area contributed by atoms with E-state index in [0.717, 1.165) is 0 Å². The summed E-state index contributed by atoms with van der Waals surface area (Å²) in [7, 11) is 0. The molecule has 0 heterocycles. The van der Waals surface area contributed by atoms with Crippen molar-refractivity contribution in [3.63, 3.8) is 0 Å². The highest BCUT2D eigenvalue weighted by Crippen LogP contribution is 2.10. The second kappa shape index (κ2) is 7.22. The fraction of sp³-hybridized carbons (Fsp3) is 0.438. The second-order valence-electron chi connectivity index (χ2n) is 5.82. The van der Waals surface area contributed by atoms with Crippen LogP contribution >= 0.6 is 0 Å². The van der Waals surface area contributed by atoms with Gasteiger partial charge in [-0.15, -0.1) is 0 Å². The van der Waals surface area contributed by atoms with Crippen molar-refractivity contribution in [2.75, 3.05) is 0 Å². The lowest BCUT2D eigenvalue weighted by atomic mass is 10.0. The Kier molecular flexibility index (Phi) is 5.90. The van der Waals surface area contributed by atoms with Crippen LogP contribution in [0.3, 0.4) is 0 Å². The van der Waals surface area contributed by atoms with Crippen LogP contribution in [-0.4, -0.2) is 34.7 Å². The maximum Gasteiger partial charge on any atom is 0.408 e. The van der Waals surface area contributed by atoms with Crippen LogP contribution in [0.5, 0.6) is 0 Å². The van der Waals surface area contributed by atoms with Crippen LogP contribution in [-0.2, 0) is 9.53 Å². The average molecular weight is 292 g/mol. The Morgan fingerprint density at radius 2 is 1.81 bits per heavy atom. The monoisotopic (exact) mass is 292 g/mol. The van der Waals surface area contributed by atoms with Crippen molar-refractivity contribution in [3.8, 4) is 0 Å². The molecule has 2 atom stereocenters. The number of Topliss-reactive ketones (excluding diaryl/α,β-unsaturated/α-hetero) is 1. The molecule has 5 nitrogen and oxygen atoms in total. The Bertz CT molecular complexity index is 477. The molecule has 0 aliphatic rings. The topological polar surface area (TPSA) is 75.6 Å². The largest absolute Gasteiger partial charge is 0.444 e. The molecule has 0 aliphatic heterocycles. The minimum atomic E-state index is -1.04. The highest BCUT2D eigenvalue weighted by atomic mass is 16.6. The first kappa shape index (κ1) is 17.2. The van der Waals surface area contributed by atoms with Gasteiger partial charge in [0.05, 0.1) is 12.5 Å². The predicted octanol–water partition coefficient (Wildman–Crippen LogP) is 2.08. The van der Waals surface area contributed by atoms with E-state index < -0.39 is 23.8 Å². The van der Waals surface area contributed by atoms with Gasteiger partial charge in [-0.1, -0.05) is 30.3 Å². The molecular weight excluding hydrogens is 270 g/mol. The lowest BCUT2D eigenvalue weighted by molar-refractivity contribution is -0.119. The van der Waals surface area contributed by atoms with Crippen molar-refractivity contribution in [2.45, 2.75) is 45.4 Å². The zero-order valence-electron chi connectivity index (χ0n) is 12.8. The third kappa shape index (κ3) is 6.40. The van der Waals surface area contributed by atoms with Crippen molar-refractivity contribution in [1.82, 2.24) is 5.32 Å². The first-order valence-corrected chi connectivity index (χ1v) is 6.80. The predicted molar refractivity (Wildman–Crippen MR) is 79.7 cm³/mol. The number of hydrogen-bond donors (Lipinski definition) is 2. The van der Waals surface area contributed by atoms with E-state index in [-0.39, 0.29) is 5.78 Å². The maximum atomic E-state index is 12.2. The van der Waals surface area contributed by atoms with Crippen molar-refractivity contribution in [2.24, 2.45) is 0 Å². The van der Waals surface area contributed by atoms with Gasteiger partial charge < -0.3 is 15.2 Å². The fourth-order valence-corrected chi connectivity index (χ4v) is 1.67. The van der Waals surface area contributed by atoms with Gasteiger partial charge in [-0.3, -0.25) is 4.79 Å². The minimum absolute atomic E-state index is 0.387. The number of ketones is 1. The van der Waals surface area contributed by atoms with Crippen LogP contribution in [0.2, 0.25) is 0 Å². The normalized spacial score (nSPS) is 14.1. The lowest BCUT2D eigenvalue weighted by Gasteiger charge is -2.24. The van der Waals surface area contributed by atoms with E-state index in [1.54, 1.807) is 45.0 Å². The molecular formula is C16H22NO4. The molecule has 0 aromatic heterocycles. The molecule has 1 amide bonds. The molecule has 0 bridgehead atoms. The molecule has 0 spiro atoms. The number of aliphatic hydroxyl groups is 1. The van der Waals surface area contributed by atoms with Gasteiger partial charge in [0.2, 0.25) is 0 Å². The highest BCUT2D eigenvalue weighted by molar-refractivity contribution is 5.97. The molecule has 115 valence electrons. The molecule has 1 aromatic rings. The summed E-state index contributed by atoms with van der Waals surface area (Å²) in [4.78, 5) is 23.9. The summed E-state index contributed by atoms with van der Waals surface area (Å²) in [6.45, 7) is 6.62. The molecule has 1 aromatic carbocycles. The van der Waals surface area contributed by atoms with E-state index in [1.807, 2.05) is 6.07 Å². The number of nitrogens with one attached hydrogen (secondary N) is 1. The summed E-state index contributed by atoms with van der Waals surface area (Å²) in [5.41, 5.74) is 0.0404. The smallest absolute Gasteiger partial charge is 0.408 e. The van der Waals surface area contributed by atoms with Crippen LogP contribution in [0.4, 0.5) is 4.79 Å². The number of aliphatic hydroxyl groups excluding tert-OH is 1. The molecule has 0 saturated carbocycles. The summed E-state index contributed by atoms with van der Waals surface area (Å²) in [5, 5.41) is 12.1. The Labute approximate surface area is 125 Å².